The van der Waals surface area contributed by atoms with Gasteiger partial charge in [0.25, 0.3) is 17.7 Å². The van der Waals surface area contributed by atoms with E-state index < -0.39 is 47.6 Å². The summed E-state index contributed by atoms with van der Waals surface area (Å²) < 4.78 is 15.7. The topological polar surface area (TPSA) is 332 Å². The summed E-state index contributed by atoms with van der Waals surface area (Å²) in [6.45, 7) is 17.0. The molecule has 5 atom stereocenters. The van der Waals surface area contributed by atoms with Gasteiger partial charge in [-0.25, -0.2) is 24.4 Å². The molecular weight excluding hydrogens is 1270 g/mol. The second-order valence-corrected chi connectivity index (χ2v) is 29.3. The second-order valence-electron chi connectivity index (χ2n) is 28.2. The van der Waals surface area contributed by atoms with Crippen molar-refractivity contribution in [1.29, 1.82) is 0 Å². The molecule has 3 unspecified atom stereocenters. The number of carbonyl (C=O) groups is 9. The number of unbranched alkanes of at least 4 members (excludes halogenated alkanes) is 2. The minimum Gasteiger partial charge on any atom is -0.476 e. The van der Waals surface area contributed by atoms with Gasteiger partial charge in [0.2, 0.25) is 17.7 Å². The van der Waals surface area contributed by atoms with Gasteiger partial charge in [0.1, 0.15) is 24.5 Å². The van der Waals surface area contributed by atoms with E-state index in [2.05, 4.69) is 59.3 Å². The molecule has 0 bridgehead atoms. The van der Waals surface area contributed by atoms with Crippen LogP contribution in [0.3, 0.4) is 0 Å². The molecule has 8 N–H and O–H groups in total. The van der Waals surface area contributed by atoms with Crippen molar-refractivity contribution in [2.75, 3.05) is 55.4 Å². The normalized spacial score (nSPS) is 19.8. The highest BCUT2D eigenvalue weighted by Crippen LogP contribution is 2.69. The van der Waals surface area contributed by atoms with Crippen LogP contribution in [0.2, 0.25) is 0 Å². The summed E-state index contributed by atoms with van der Waals surface area (Å²) >= 11 is 1.41. The standard InChI is InChI=1S/C72H89N13O12S/c1-44(2)60(80-57(86)21-10-9-13-32-84-58(87)28-29-59(84)88)64(91)77-54(19-15-31-74-66(73)94)63(90)76-48-24-22-46(23-25-48)38-96-68(95)82(8)34-35-97-72-40-69(4,5)39-71(72,7)41-70(6,42-72)43-85-45(3)51(36-75-85)49-26-27-56(79-61(49)65(92)93)83-33-30-47-16-14-17-50(52(47)37-83)62(89)81-67-78-53-18-11-12-20-55(53)98-67/h11-12,14,16-18,20,22-29,36,44,54,60H,9-10,13,15,19,21,30-35,37-43H2,1-8H3,(H,76,90)(H,77,91)(H,80,86)(H,92,93)(H3,73,74,94)(H,78,81,89)/t54-,60-,70?,71?,72?/m0/s1. The lowest BCUT2D eigenvalue weighted by Crippen LogP contribution is -2.54. The summed E-state index contributed by atoms with van der Waals surface area (Å²) in [6.07, 6.45) is 9.70. The monoisotopic (exact) mass is 1360 g/mol. The summed E-state index contributed by atoms with van der Waals surface area (Å²) in [4.78, 5) is 130. The Balaban J connectivity index is 0.709. The van der Waals surface area contributed by atoms with Gasteiger partial charge in [-0.05, 0) is 146 Å². The Hall–Kier alpha value is -9.56. The lowest BCUT2D eigenvalue weighted by Gasteiger charge is -2.38. The van der Waals surface area contributed by atoms with E-state index in [0.717, 1.165) is 57.6 Å². The van der Waals surface area contributed by atoms with Crippen LogP contribution in [0.1, 0.15) is 149 Å². The number of benzene rings is 3. The molecule has 3 aromatic carbocycles. The molecule has 26 heteroatoms. The quantitative estimate of drug-likeness (QED) is 0.0170. The van der Waals surface area contributed by atoms with Crippen LogP contribution < -0.4 is 37.2 Å². The van der Waals surface area contributed by atoms with Crippen LogP contribution in [0.15, 0.2) is 97.2 Å². The Bertz CT molecular complexity index is 4000. The number of hydrogen-bond donors (Lipinski definition) is 7. The average Bonchev–Trinajstić information content (AvgIpc) is 1.54. The van der Waals surface area contributed by atoms with E-state index in [9.17, 15) is 48.3 Å². The molecule has 9 amide bonds. The number of ether oxygens (including phenoxy) is 2. The highest BCUT2D eigenvalue weighted by atomic mass is 32.1. The first-order valence-electron chi connectivity index (χ1n) is 33.5. The number of para-hydroxylation sites is 1. The summed E-state index contributed by atoms with van der Waals surface area (Å²) in [5.41, 5.74) is 10.4. The van der Waals surface area contributed by atoms with E-state index in [1.54, 1.807) is 63.5 Å². The summed E-state index contributed by atoms with van der Waals surface area (Å²) in [5, 5.41) is 30.0. The molecule has 0 spiro atoms. The average molecular weight is 1360 g/mol. The maximum atomic E-state index is 13.8. The Labute approximate surface area is 574 Å². The Morgan fingerprint density at radius 3 is 2.30 bits per heavy atom. The molecule has 2 aliphatic carbocycles. The van der Waals surface area contributed by atoms with Gasteiger partial charge >= 0.3 is 18.1 Å². The molecule has 98 heavy (non-hydrogen) atoms. The predicted octanol–water partition coefficient (Wildman–Crippen LogP) is 9.52. The van der Waals surface area contributed by atoms with Gasteiger partial charge < -0.3 is 51.4 Å². The number of rotatable bonds is 29. The SMILES string of the molecule is Cc1c(-c2ccc(N3CCc4cccc(C(=O)Nc5nc6ccccc6s5)c4C3)nc2C(=O)O)cnn1CC1(C)CC2(C)CC(C)(C)CC2(OCCN(C)C(=O)OCc2ccc(NC(=O)[C@H](CCCNC(N)=O)NC(=O)[C@@H](NC(=O)CCCCCN3C(=O)C=CC3=O)C(C)C)cc2)C1. The van der Waals surface area contributed by atoms with Crippen molar-refractivity contribution in [2.45, 2.75) is 156 Å². The van der Waals surface area contributed by atoms with E-state index in [-0.39, 0.29) is 104 Å². The molecule has 520 valence electrons. The van der Waals surface area contributed by atoms with Gasteiger partial charge in [0, 0.05) is 93.0 Å². The number of primary amides is 1. The van der Waals surface area contributed by atoms with Crippen molar-refractivity contribution >= 4 is 91.7 Å². The van der Waals surface area contributed by atoms with Gasteiger partial charge in [-0.1, -0.05) is 95.7 Å². The molecule has 0 saturated heterocycles. The Morgan fingerprint density at radius 2 is 1.57 bits per heavy atom. The number of thiazole rings is 1. The minimum atomic E-state index is -1.16. The molecule has 6 aromatic rings. The van der Waals surface area contributed by atoms with Crippen LogP contribution in [0.5, 0.6) is 0 Å². The number of carbonyl (C=O) groups excluding carboxylic acids is 8. The van der Waals surface area contributed by atoms with Crippen molar-refractivity contribution in [3.63, 3.8) is 0 Å². The number of amides is 9. The smallest absolute Gasteiger partial charge is 0.409 e. The number of aromatic carboxylic acids is 1. The first-order valence-corrected chi connectivity index (χ1v) is 34.3. The first-order chi connectivity index (χ1) is 46.6. The first kappa shape index (κ1) is 71.2. The molecule has 2 fully saturated rings. The molecule has 2 aliphatic heterocycles. The Kier molecular flexibility index (Phi) is 21.8. The van der Waals surface area contributed by atoms with Crippen LogP contribution in [-0.4, -0.2) is 146 Å². The maximum absolute atomic E-state index is 13.8. The highest BCUT2D eigenvalue weighted by molar-refractivity contribution is 7.22. The molecule has 4 aliphatic rings. The van der Waals surface area contributed by atoms with Crippen LogP contribution in [-0.2, 0) is 59.6 Å². The van der Waals surface area contributed by atoms with Crippen LogP contribution in [0, 0.1) is 29.1 Å². The number of imide groups is 1. The minimum absolute atomic E-state index is 0.00211. The third kappa shape index (κ3) is 16.7. The maximum Gasteiger partial charge on any atom is 0.409 e. The molecule has 25 nitrogen and oxygen atoms in total. The number of nitrogens with one attached hydrogen (secondary N) is 5. The lowest BCUT2D eigenvalue weighted by atomic mass is 9.76. The van der Waals surface area contributed by atoms with Gasteiger partial charge in [-0.3, -0.25) is 43.7 Å². The van der Waals surface area contributed by atoms with Gasteiger partial charge in [-0.15, -0.1) is 0 Å². The van der Waals surface area contributed by atoms with Crippen LogP contribution >= 0.6 is 11.3 Å². The fraction of sp³-hybridized carbons (Fsp3) is 0.472. The zero-order valence-electron chi connectivity index (χ0n) is 57.0. The highest BCUT2D eigenvalue weighted by Gasteiger charge is 2.67. The van der Waals surface area contributed by atoms with E-state index in [4.69, 9.17) is 25.3 Å². The molecule has 5 heterocycles. The zero-order chi connectivity index (χ0) is 70.3. The predicted molar refractivity (Wildman–Crippen MR) is 371 cm³/mol. The Morgan fingerprint density at radius 1 is 0.816 bits per heavy atom. The molecular formula is C72H89N13O12S. The number of carboxylic acids is 1. The number of anilines is 3. The number of nitrogens with zero attached hydrogens (tertiary/aromatic N) is 7. The van der Waals surface area contributed by atoms with Crippen molar-refractivity contribution < 1.29 is 57.7 Å². The fourth-order valence-electron chi connectivity index (χ4n) is 15.0. The van der Waals surface area contributed by atoms with E-state index in [1.807, 2.05) is 59.0 Å². The lowest BCUT2D eigenvalue weighted by molar-refractivity contribution is -0.137. The van der Waals surface area contributed by atoms with Crippen LogP contribution in [0.4, 0.5) is 26.2 Å². The number of urea groups is 1. The summed E-state index contributed by atoms with van der Waals surface area (Å²) in [5.74, 6) is -3.47. The number of aromatic nitrogens is 4. The largest absolute Gasteiger partial charge is 0.476 e. The van der Waals surface area contributed by atoms with Gasteiger partial charge in [-0.2, -0.15) is 5.10 Å². The van der Waals surface area contributed by atoms with Crippen molar-refractivity contribution in [3.05, 3.63) is 131 Å². The second kappa shape index (κ2) is 30.1. The summed E-state index contributed by atoms with van der Waals surface area (Å²) in [7, 11) is 1.66. The van der Waals surface area contributed by atoms with E-state index in [1.165, 1.54) is 28.4 Å². The van der Waals surface area contributed by atoms with E-state index >= 15 is 0 Å². The third-order valence-corrected chi connectivity index (χ3v) is 20.3. The van der Waals surface area contributed by atoms with Crippen molar-refractivity contribution in [1.82, 2.24) is 45.5 Å². The third-order valence-electron chi connectivity index (χ3n) is 19.4. The fourth-order valence-corrected chi connectivity index (χ4v) is 15.9. The molecule has 3 aromatic heterocycles. The van der Waals surface area contributed by atoms with Crippen LogP contribution in [0.25, 0.3) is 21.3 Å². The molecule has 10 rings (SSSR count). The number of carboxylic acid groups (broad SMARTS) is 1. The zero-order valence-corrected chi connectivity index (χ0v) is 57.8. The number of nitrogens with two attached hydrogens (primary N) is 1. The number of likely N-dealkylation sites (N-methyl/N-ethyl adjacent to an activating group) is 1. The van der Waals surface area contributed by atoms with Gasteiger partial charge in [0.05, 0.1) is 28.6 Å². The number of fused-ring (bicyclic) bond motifs is 3. The van der Waals surface area contributed by atoms with E-state index in [0.29, 0.717) is 84.2 Å². The summed E-state index contributed by atoms with van der Waals surface area (Å²) in [6, 6.07) is 21.0. The van der Waals surface area contributed by atoms with Crippen molar-refractivity contribution in [3.8, 4) is 11.1 Å². The number of hydrogen-bond acceptors (Lipinski definition) is 16. The van der Waals surface area contributed by atoms with Crippen molar-refractivity contribution in [2.24, 2.45) is 27.9 Å². The number of pyridine rings is 1. The van der Waals surface area contributed by atoms with Gasteiger partial charge in [0.15, 0.2) is 10.8 Å². The molecule has 0 radical (unpaired) electrons. The molecule has 2 saturated carbocycles.